The van der Waals surface area contributed by atoms with Gasteiger partial charge in [-0.2, -0.15) is 4.31 Å². The minimum absolute atomic E-state index is 0.0200. The summed E-state index contributed by atoms with van der Waals surface area (Å²) in [4.78, 5) is 0. The van der Waals surface area contributed by atoms with Gasteiger partial charge in [0, 0.05) is 13.1 Å². The van der Waals surface area contributed by atoms with E-state index in [1.54, 1.807) is 6.08 Å². The minimum Gasteiger partial charge on any atom is -0.211 e. The number of halogens is 1. The molecule has 12 heavy (non-hydrogen) atoms. The Labute approximate surface area is 82.6 Å². The monoisotopic (exact) mass is 255 g/mol. The quantitative estimate of drug-likeness (QED) is 0.534. The van der Waals surface area contributed by atoms with Gasteiger partial charge in [-0.25, -0.2) is 8.42 Å². The molecule has 0 unspecified atom stereocenters. The lowest BCUT2D eigenvalue weighted by molar-refractivity contribution is 0.445. The summed E-state index contributed by atoms with van der Waals surface area (Å²) in [7, 11) is -3.11. The Bertz CT molecular complexity index is 226. The molecule has 0 aliphatic rings. The summed E-state index contributed by atoms with van der Waals surface area (Å²) in [5, 5.41) is 0. The molecule has 0 fully saturated rings. The van der Waals surface area contributed by atoms with Gasteiger partial charge < -0.3 is 0 Å². The molecule has 0 radical (unpaired) electrons. The molecule has 0 bridgehead atoms. The molecule has 72 valence electrons. The van der Waals surface area contributed by atoms with Gasteiger partial charge in [0.1, 0.15) is 4.66 Å². The zero-order chi connectivity index (χ0) is 9.61. The molecule has 0 saturated heterocycles. The van der Waals surface area contributed by atoms with Crippen LogP contribution in [0.1, 0.15) is 13.3 Å². The van der Waals surface area contributed by atoms with E-state index in [1.807, 2.05) is 6.92 Å². The third-order valence-corrected chi connectivity index (χ3v) is 4.47. The fraction of sp³-hybridized carbons (Fsp3) is 0.714. The lowest BCUT2D eigenvalue weighted by Crippen LogP contribution is -2.32. The van der Waals surface area contributed by atoms with Crippen LogP contribution in [0.15, 0.2) is 12.7 Å². The van der Waals surface area contributed by atoms with Crippen LogP contribution >= 0.6 is 15.9 Å². The molecule has 0 aliphatic carbocycles. The maximum atomic E-state index is 11.3. The molecule has 0 N–H and O–H groups in total. The van der Waals surface area contributed by atoms with E-state index in [0.29, 0.717) is 13.1 Å². The second kappa shape index (κ2) is 5.72. The number of hydrogen-bond acceptors (Lipinski definition) is 2. The van der Waals surface area contributed by atoms with Crippen molar-refractivity contribution in [1.82, 2.24) is 4.31 Å². The van der Waals surface area contributed by atoms with Gasteiger partial charge in [-0.1, -0.05) is 28.9 Å². The average Bonchev–Trinajstić information content (AvgIpc) is 2.04. The fourth-order valence-electron chi connectivity index (χ4n) is 0.806. The summed E-state index contributed by atoms with van der Waals surface area (Å²) in [6.07, 6.45) is 2.41. The largest absolute Gasteiger partial charge is 0.224 e. The molecule has 0 aliphatic heterocycles. The van der Waals surface area contributed by atoms with Crippen LogP contribution in [0.25, 0.3) is 0 Å². The lowest BCUT2D eigenvalue weighted by atomic mass is 10.5. The first-order valence-corrected chi connectivity index (χ1v) is 6.46. The highest BCUT2D eigenvalue weighted by atomic mass is 79.9. The van der Waals surface area contributed by atoms with Gasteiger partial charge in [0.25, 0.3) is 0 Å². The summed E-state index contributed by atoms with van der Waals surface area (Å²) in [5.74, 6) is 0. The number of hydrogen-bond donors (Lipinski definition) is 0. The van der Waals surface area contributed by atoms with Crippen LogP contribution in [0, 0.1) is 0 Å². The van der Waals surface area contributed by atoms with Crippen LogP contribution in [-0.4, -0.2) is 30.5 Å². The van der Waals surface area contributed by atoms with Crippen molar-refractivity contribution in [2.75, 3.05) is 17.8 Å². The number of nitrogens with zero attached hydrogens (tertiary/aromatic N) is 1. The molecule has 0 aromatic rings. The van der Waals surface area contributed by atoms with E-state index in [4.69, 9.17) is 0 Å². The predicted molar refractivity (Wildman–Crippen MR) is 54.8 cm³/mol. The highest BCUT2D eigenvalue weighted by molar-refractivity contribution is 9.10. The number of sulfonamides is 1. The van der Waals surface area contributed by atoms with Crippen molar-refractivity contribution in [1.29, 1.82) is 0 Å². The molecule has 0 spiro atoms. The van der Waals surface area contributed by atoms with Gasteiger partial charge in [-0.15, -0.1) is 6.58 Å². The van der Waals surface area contributed by atoms with E-state index in [9.17, 15) is 8.42 Å². The molecule has 0 amide bonds. The lowest BCUT2D eigenvalue weighted by Gasteiger charge is -2.17. The van der Waals surface area contributed by atoms with Gasteiger partial charge in [0.2, 0.25) is 10.0 Å². The zero-order valence-electron chi connectivity index (χ0n) is 7.16. The smallest absolute Gasteiger partial charge is 0.211 e. The maximum Gasteiger partial charge on any atom is 0.224 e. The molecule has 0 atom stereocenters. The first kappa shape index (κ1) is 12.1. The van der Waals surface area contributed by atoms with Crippen LogP contribution in [0.5, 0.6) is 0 Å². The van der Waals surface area contributed by atoms with Crippen molar-refractivity contribution in [3.63, 3.8) is 0 Å². The first-order valence-electron chi connectivity index (χ1n) is 3.73. The summed E-state index contributed by atoms with van der Waals surface area (Å²) in [6.45, 7) is 6.40. The topological polar surface area (TPSA) is 37.4 Å². The summed E-state index contributed by atoms with van der Waals surface area (Å²) < 4.78 is 24.0. The molecule has 0 aromatic heterocycles. The Morgan fingerprint density at radius 2 is 2.17 bits per heavy atom. The third-order valence-electron chi connectivity index (χ3n) is 1.34. The van der Waals surface area contributed by atoms with Gasteiger partial charge in [0.05, 0.1) is 0 Å². The van der Waals surface area contributed by atoms with E-state index in [-0.39, 0.29) is 4.66 Å². The van der Waals surface area contributed by atoms with Crippen molar-refractivity contribution in [2.24, 2.45) is 0 Å². The SMILES string of the molecule is C=CCN(CCC)S(=O)(=O)CBr. The Morgan fingerprint density at radius 3 is 2.50 bits per heavy atom. The van der Waals surface area contributed by atoms with E-state index in [1.165, 1.54) is 4.31 Å². The standard InChI is InChI=1S/C7H14BrNO2S/c1-3-5-9(6-4-2)12(10,11)7-8/h3H,1,4-7H2,2H3. The third kappa shape index (κ3) is 3.69. The van der Waals surface area contributed by atoms with Crippen molar-refractivity contribution >= 4 is 26.0 Å². The Balaban J connectivity index is 4.38. The first-order chi connectivity index (χ1) is 5.58. The number of alkyl halides is 1. The highest BCUT2D eigenvalue weighted by Gasteiger charge is 2.17. The Hall–Kier alpha value is 0.130. The van der Waals surface area contributed by atoms with Crippen LogP contribution in [0.4, 0.5) is 0 Å². The van der Waals surface area contributed by atoms with E-state index in [0.717, 1.165) is 6.42 Å². The average molecular weight is 256 g/mol. The molecular formula is C7H14BrNO2S. The second-order valence-corrected chi connectivity index (χ2v) is 5.64. The van der Waals surface area contributed by atoms with Crippen molar-refractivity contribution in [2.45, 2.75) is 13.3 Å². The Morgan fingerprint density at radius 1 is 1.58 bits per heavy atom. The van der Waals surface area contributed by atoms with Gasteiger partial charge in [0.15, 0.2) is 0 Å². The molecule has 0 saturated carbocycles. The van der Waals surface area contributed by atoms with Gasteiger partial charge >= 0.3 is 0 Å². The van der Waals surface area contributed by atoms with Crippen molar-refractivity contribution < 1.29 is 8.42 Å². The fourth-order valence-corrected chi connectivity index (χ4v) is 2.61. The molecule has 3 nitrogen and oxygen atoms in total. The normalized spacial score (nSPS) is 11.9. The number of rotatable bonds is 6. The summed E-state index contributed by atoms with van der Waals surface area (Å²) in [5.41, 5.74) is 0. The van der Waals surface area contributed by atoms with Gasteiger partial charge in [-0.3, -0.25) is 0 Å². The second-order valence-electron chi connectivity index (χ2n) is 2.37. The van der Waals surface area contributed by atoms with E-state index >= 15 is 0 Å². The zero-order valence-corrected chi connectivity index (χ0v) is 9.57. The highest BCUT2D eigenvalue weighted by Crippen LogP contribution is 2.05. The van der Waals surface area contributed by atoms with Crippen molar-refractivity contribution in [3.8, 4) is 0 Å². The molecule has 0 aromatic carbocycles. The van der Waals surface area contributed by atoms with Gasteiger partial charge in [-0.05, 0) is 6.42 Å². The molecule has 0 heterocycles. The van der Waals surface area contributed by atoms with E-state index in [2.05, 4.69) is 22.5 Å². The summed E-state index contributed by atoms with van der Waals surface area (Å²) in [6, 6.07) is 0. The summed E-state index contributed by atoms with van der Waals surface area (Å²) >= 11 is 2.95. The minimum atomic E-state index is -3.11. The van der Waals surface area contributed by atoms with Crippen molar-refractivity contribution in [3.05, 3.63) is 12.7 Å². The molecular weight excluding hydrogens is 242 g/mol. The van der Waals surface area contributed by atoms with Crippen LogP contribution in [-0.2, 0) is 10.0 Å². The Kier molecular flexibility index (Phi) is 5.78. The van der Waals surface area contributed by atoms with Crippen LogP contribution in [0.2, 0.25) is 0 Å². The molecule has 0 rings (SSSR count). The predicted octanol–water partition coefficient (Wildman–Crippen LogP) is 1.57. The van der Waals surface area contributed by atoms with Crippen LogP contribution < -0.4 is 0 Å². The van der Waals surface area contributed by atoms with Crippen LogP contribution in [0.3, 0.4) is 0 Å². The maximum absolute atomic E-state index is 11.3. The molecule has 5 heteroatoms. The van der Waals surface area contributed by atoms with E-state index < -0.39 is 10.0 Å².